The fourth-order valence-corrected chi connectivity index (χ4v) is 3.60. The van der Waals surface area contributed by atoms with E-state index in [-0.39, 0.29) is 11.3 Å². The molecule has 164 valence electrons. The van der Waals surface area contributed by atoms with Crippen molar-refractivity contribution < 1.29 is 13.9 Å². The van der Waals surface area contributed by atoms with Crippen molar-refractivity contribution in [1.82, 2.24) is 19.7 Å². The van der Waals surface area contributed by atoms with Crippen molar-refractivity contribution in [2.75, 3.05) is 12.4 Å². The number of hydrogen-bond donors (Lipinski definition) is 2. The molecule has 0 fully saturated rings. The molecule has 4 aromatic rings. The molecule has 8 nitrogen and oxygen atoms in total. The number of rotatable bonds is 7. The maximum Gasteiger partial charge on any atom is 0.252 e. The number of aryl methyl sites for hydroxylation is 1. The number of halogens is 1. The van der Waals surface area contributed by atoms with Gasteiger partial charge in [-0.25, -0.2) is 4.39 Å². The van der Waals surface area contributed by atoms with Crippen LogP contribution in [0.1, 0.15) is 34.7 Å². The first kappa shape index (κ1) is 21.4. The van der Waals surface area contributed by atoms with Crippen molar-refractivity contribution in [3.8, 4) is 11.1 Å². The van der Waals surface area contributed by atoms with E-state index in [1.165, 1.54) is 17.1 Å². The highest BCUT2D eigenvalue weighted by atomic mass is 19.1. The smallest absolute Gasteiger partial charge is 0.252 e. The summed E-state index contributed by atoms with van der Waals surface area (Å²) in [7, 11) is 3.27. The van der Waals surface area contributed by atoms with Crippen LogP contribution in [0.4, 0.5) is 10.1 Å². The molecule has 32 heavy (non-hydrogen) atoms. The second-order valence-corrected chi connectivity index (χ2v) is 7.52. The SMILES string of the molecule is COCc1ccc(-c2ccc3ncc(C(N)=O)c(NC(C)c4nn(C)cc4F)c3c2)cn1. The zero-order chi connectivity index (χ0) is 22.8. The standard InChI is InChI=1S/C23H23FN6O2/c1-13(21-19(24)11-30(2)29-21)28-22-17-8-14(15-4-6-16(12-32-3)26-9-15)5-7-20(17)27-10-18(22)23(25)31/h4-11,13H,12H2,1-3H3,(H2,25,31)(H,27,28). The number of carbonyl (C=O) groups excluding carboxylic acids is 1. The predicted molar refractivity (Wildman–Crippen MR) is 119 cm³/mol. The lowest BCUT2D eigenvalue weighted by molar-refractivity contribution is 0.100. The van der Waals surface area contributed by atoms with Crippen molar-refractivity contribution in [3.63, 3.8) is 0 Å². The fourth-order valence-electron chi connectivity index (χ4n) is 3.60. The van der Waals surface area contributed by atoms with Crippen molar-refractivity contribution in [1.29, 1.82) is 0 Å². The van der Waals surface area contributed by atoms with Crippen LogP contribution in [0.3, 0.4) is 0 Å². The van der Waals surface area contributed by atoms with Crippen LogP contribution >= 0.6 is 0 Å². The Labute approximate surface area is 184 Å². The molecule has 9 heteroatoms. The van der Waals surface area contributed by atoms with Crippen LogP contribution in [0, 0.1) is 5.82 Å². The number of carbonyl (C=O) groups is 1. The van der Waals surface area contributed by atoms with Crippen molar-refractivity contribution in [2.45, 2.75) is 19.6 Å². The van der Waals surface area contributed by atoms with Gasteiger partial charge in [-0.05, 0) is 30.7 Å². The van der Waals surface area contributed by atoms with E-state index < -0.39 is 17.8 Å². The number of anilines is 1. The van der Waals surface area contributed by atoms with E-state index in [0.29, 0.717) is 23.2 Å². The molecule has 3 aromatic heterocycles. The summed E-state index contributed by atoms with van der Waals surface area (Å²) in [5.74, 6) is -1.07. The Morgan fingerprint density at radius 2 is 2.00 bits per heavy atom. The van der Waals surface area contributed by atoms with Gasteiger partial charge in [0.1, 0.15) is 5.69 Å². The molecule has 0 radical (unpaired) electrons. The molecule has 0 aliphatic rings. The highest BCUT2D eigenvalue weighted by Gasteiger charge is 2.20. The van der Waals surface area contributed by atoms with Crippen LogP contribution in [0.25, 0.3) is 22.0 Å². The summed E-state index contributed by atoms with van der Waals surface area (Å²) in [5.41, 5.74) is 9.81. The first-order valence-corrected chi connectivity index (χ1v) is 9.99. The Morgan fingerprint density at radius 1 is 1.22 bits per heavy atom. The lowest BCUT2D eigenvalue weighted by Gasteiger charge is -2.18. The van der Waals surface area contributed by atoms with Gasteiger partial charge in [-0.15, -0.1) is 0 Å². The molecule has 0 aliphatic heterocycles. The summed E-state index contributed by atoms with van der Waals surface area (Å²) in [4.78, 5) is 20.9. The highest BCUT2D eigenvalue weighted by Crippen LogP contribution is 2.33. The Bertz CT molecular complexity index is 1290. The lowest BCUT2D eigenvalue weighted by Crippen LogP contribution is -2.17. The summed E-state index contributed by atoms with van der Waals surface area (Å²) in [6, 6.07) is 9.02. The van der Waals surface area contributed by atoms with E-state index in [9.17, 15) is 9.18 Å². The topological polar surface area (TPSA) is 108 Å². The molecule has 1 amide bonds. The lowest BCUT2D eigenvalue weighted by atomic mass is 10.0. The number of hydrogen-bond acceptors (Lipinski definition) is 6. The maximum atomic E-state index is 14.3. The summed E-state index contributed by atoms with van der Waals surface area (Å²) in [6.07, 6.45) is 4.49. The normalized spacial score (nSPS) is 12.1. The Hall–Kier alpha value is -3.85. The molecule has 4 rings (SSSR count). The number of ether oxygens (including phenoxy) is 1. The Morgan fingerprint density at radius 3 is 2.62 bits per heavy atom. The minimum atomic E-state index is -0.633. The number of nitrogens with zero attached hydrogens (tertiary/aromatic N) is 4. The number of primary amides is 1. The van der Waals surface area contributed by atoms with Crippen LogP contribution in [-0.2, 0) is 18.4 Å². The fraction of sp³-hybridized carbons (Fsp3) is 0.217. The van der Waals surface area contributed by atoms with Gasteiger partial charge in [-0.2, -0.15) is 5.10 Å². The number of aromatic nitrogens is 4. The van der Waals surface area contributed by atoms with Gasteiger partial charge in [0.2, 0.25) is 0 Å². The van der Waals surface area contributed by atoms with Crippen LogP contribution in [0.5, 0.6) is 0 Å². The van der Waals surface area contributed by atoms with Gasteiger partial charge in [0.05, 0.1) is 41.3 Å². The van der Waals surface area contributed by atoms with Gasteiger partial charge in [0.15, 0.2) is 5.82 Å². The molecule has 3 heterocycles. The Balaban J connectivity index is 1.80. The van der Waals surface area contributed by atoms with E-state index in [4.69, 9.17) is 10.5 Å². The van der Waals surface area contributed by atoms with E-state index in [1.54, 1.807) is 27.3 Å². The minimum Gasteiger partial charge on any atom is -0.378 e. The largest absolute Gasteiger partial charge is 0.378 e. The van der Waals surface area contributed by atoms with Gasteiger partial charge in [-0.1, -0.05) is 12.1 Å². The second kappa shape index (κ2) is 8.72. The van der Waals surface area contributed by atoms with E-state index in [1.807, 2.05) is 30.3 Å². The average Bonchev–Trinajstić information content (AvgIpc) is 3.12. The number of methoxy groups -OCH3 is 1. The van der Waals surface area contributed by atoms with Crippen LogP contribution in [0.2, 0.25) is 0 Å². The molecule has 1 atom stereocenters. The third-order valence-electron chi connectivity index (χ3n) is 5.17. The van der Waals surface area contributed by atoms with Gasteiger partial charge in [0, 0.05) is 37.5 Å². The van der Waals surface area contributed by atoms with Crippen LogP contribution in [-0.4, -0.2) is 32.8 Å². The molecule has 0 saturated heterocycles. The van der Waals surface area contributed by atoms with Gasteiger partial charge < -0.3 is 15.8 Å². The zero-order valence-corrected chi connectivity index (χ0v) is 18.0. The van der Waals surface area contributed by atoms with Crippen molar-refractivity contribution in [2.24, 2.45) is 12.8 Å². The van der Waals surface area contributed by atoms with Crippen LogP contribution in [0.15, 0.2) is 48.9 Å². The number of nitrogens with two attached hydrogens (primary N) is 1. The Kier molecular flexibility index (Phi) is 5.83. The van der Waals surface area contributed by atoms with Crippen LogP contribution < -0.4 is 11.1 Å². The monoisotopic (exact) mass is 434 g/mol. The summed E-state index contributed by atoms with van der Waals surface area (Å²) in [5, 5.41) is 8.08. The molecule has 0 spiro atoms. The predicted octanol–water partition coefficient (Wildman–Crippen LogP) is 3.59. The van der Waals surface area contributed by atoms with Gasteiger partial charge >= 0.3 is 0 Å². The quantitative estimate of drug-likeness (QED) is 0.460. The zero-order valence-electron chi connectivity index (χ0n) is 18.0. The number of fused-ring (bicyclic) bond motifs is 1. The third kappa shape index (κ3) is 4.15. The summed E-state index contributed by atoms with van der Waals surface area (Å²) in [6.45, 7) is 2.20. The van der Waals surface area contributed by atoms with E-state index >= 15 is 0 Å². The van der Waals surface area contributed by atoms with Gasteiger partial charge in [-0.3, -0.25) is 19.4 Å². The first-order valence-electron chi connectivity index (χ1n) is 9.99. The molecule has 1 unspecified atom stereocenters. The number of nitrogens with one attached hydrogen (secondary N) is 1. The second-order valence-electron chi connectivity index (χ2n) is 7.52. The maximum absolute atomic E-state index is 14.3. The summed E-state index contributed by atoms with van der Waals surface area (Å²) < 4.78 is 20.8. The molecular weight excluding hydrogens is 411 g/mol. The number of benzene rings is 1. The molecule has 0 aliphatic carbocycles. The average molecular weight is 434 g/mol. The summed E-state index contributed by atoms with van der Waals surface area (Å²) >= 11 is 0. The third-order valence-corrected chi connectivity index (χ3v) is 5.17. The van der Waals surface area contributed by atoms with Crippen molar-refractivity contribution >= 4 is 22.5 Å². The molecular formula is C23H23FN6O2. The van der Waals surface area contributed by atoms with Crippen molar-refractivity contribution in [3.05, 3.63) is 71.7 Å². The van der Waals surface area contributed by atoms with E-state index in [0.717, 1.165) is 16.8 Å². The molecule has 3 N–H and O–H groups in total. The number of pyridine rings is 2. The molecule has 0 saturated carbocycles. The van der Waals surface area contributed by atoms with E-state index in [2.05, 4.69) is 20.4 Å². The minimum absolute atomic E-state index is 0.214. The highest BCUT2D eigenvalue weighted by molar-refractivity contribution is 6.07. The molecule has 1 aromatic carbocycles. The first-order chi connectivity index (χ1) is 15.4. The van der Waals surface area contributed by atoms with Gasteiger partial charge in [0.25, 0.3) is 5.91 Å². The number of amides is 1. The molecule has 0 bridgehead atoms.